The first-order valence-electron chi connectivity index (χ1n) is 9.59. The zero-order chi connectivity index (χ0) is 20.5. The maximum absolute atomic E-state index is 13.1. The SMILES string of the molecule is CC(C)(C)OC(=O)C1(C(=O)ON2C(=O)c3ccccc3C2=O)CCCCCC1. The van der Waals surface area contributed by atoms with Gasteiger partial charge in [0.25, 0.3) is 11.8 Å². The highest BCUT2D eigenvalue weighted by Gasteiger charge is 2.52. The number of carbonyl (C=O) groups is 4. The van der Waals surface area contributed by atoms with Crippen LogP contribution in [0.4, 0.5) is 0 Å². The molecular formula is C21H25NO6. The molecule has 0 N–H and O–H groups in total. The number of carbonyl (C=O) groups excluding carboxylic acids is 4. The normalized spacial score (nSPS) is 19.0. The third-order valence-corrected chi connectivity index (χ3v) is 5.07. The van der Waals surface area contributed by atoms with E-state index in [9.17, 15) is 19.2 Å². The highest BCUT2D eigenvalue weighted by molar-refractivity contribution is 6.21. The molecule has 7 nitrogen and oxygen atoms in total. The molecule has 7 heteroatoms. The maximum atomic E-state index is 13.1. The van der Waals surface area contributed by atoms with Gasteiger partial charge in [-0.15, -0.1) is 0 Å². The summed E-state index contributed by atoms with van der Waals surface area (Å²) in [5.74, 6) is -2.98. The number of imide groups is 1. The van der Waals surface area contributed by atoms with E-state index in [4.69, 9.17) is 9.57 Å². The summed E-state index contributed by atoms with van der Waals surface area (Å²) in [5, 5.41) is 0.462. The molecule has 1 heterocycles. The lowest BCUT2D eigenvalue weighted by atomic mass is 9.80. The van der Waals surface area contributed by atoms with Gasteiger partial charge >= 0.3 is 11.9 Å². The summed E-state index contributed by atoms with van der Waals surface area (Å²) >= 11 is 0. The predicted molar refractivity (Wildman–Crippen MR) is 99.0 cm³/mol. The average molecular weight is 387 g/mol. The van der Waals surface area contributed by atoms with Crippen molar-refractivity contribution in [3.05, 3.63) is 35.4 Å². The van der Waals surface area contributed by atoms with Gasteiger partial charge in [-0.1, -0.05) is 42.9 Å². The van der Waals surface area contributed by atoms with Crippen molar-refractivity contribution >= 4 is 23.8 Å². The molecule has 1 aromatic carbocycles. The number of ether oxygens (including phenoxy) is 1. The van der Waals surface area contributed by atoms with Crippen molar-refractivity contribution < 1.29 is 28.8 Å². The van der Waals surface area contributed by atoms with Crippen molar-refractivity contribution in [2.45, 2.75) is 64.9 Å². The fourth-order valence-corrected chi connectivity index (χ4v) is 3.62. The minimum Gasteiger partial charge on any atom is -0.459 e. The van der Waals surface area contributed by atoms with Gasteiger partial charge in [-0.05, 0) is 45.7 Å². The third-order valence-electron chi connectivity index (χ3n) is 5.07. The fraction of sp³-hybridized carbons (Fsp3) is 0.524. The molecule has 2 aliphatic rings. The Labute approximate surface area is 163 Å². The first-order valence-corrected chi connectivity index (χ1v) is 9.59. The van der Waals surface area contributed by atoms with Crippen molar-refractivity contribution in [3.8, 4) is 0 Å². The van der Waals surface area contributed by atoms with E-state index < -0.39 is 34.8 Å². The quantitative estimate of drug-likeness (QED) is 0.342. The van der Waals surface area contributed by atoms with Gasteiger partial charge in [0.05, 0.1) is 11.1 Å². The van der Waals surface area contributed by atoms with Crippen LogP contribution in [-0.2, 0) is 19.2 Å². The molecule has 1 saturated carbocycles. The minimum atomic E-state index is -1.51. The Hall–Kier alpha value is -2.70. The van der Waals surface area contributed by atoms with Crippen molar-refractivity contribution in [1.29, 1.82) is 0 Å². The van der Waals surface area contributed by atoms with Gasteiger partial charge in [-0.2, -0.15) is 0 Å². The fourth-order valence-electron chi connectivity index (χ4n) is 3.62. The van der Waals surface area contributed by atoms with Crippen LogP contribution in [0.5, 0.6) is 0 Å². The second-order valence-corrected chi connectivity index (χ2v) is 8.33. The lowest BCUT2D eigenvalue weighted by Crippen LogP contribution is -2.47. The van der Waals surface area contributed by atoms with Gasteiger partial charge in [-0.3, -0.25) is 14.4 Å². The van der Waals surface area contributed by atoms with Crippen LogP contribution in [0.25, 0.3) is 0 Å². The molecule has 28 heavy (non-hydrogen) atoms. The molecule has 1 aromatic rings. The van der Waals surface area contributed by atoms with Crippen LogP contribution < -0.4 is 0 Å². The van der Waals surface area contributed by atoms with E-state index in [-0.39, 0.29) is 24.0 Å². The summed E-state index contributed by atoms with van der Waals surface area (Å²) in [5.41, 5.74) is -1.94. The lowest BCUT2D eigenvalue weighted by Gasteiger charge is -2.32. The molecule has 150 valence electrons. The van der Waals surface area contributed by atoms with Crippen LogP contribution in [0, 0.1) is 5.41 Å². The monoisotopic (exact) mass is 387 g/mol. The second kappa shape index (κ2) is 7.37. The van der Waals surface area contributed by atoms with Gasteiger partial charge in [0.2, 0.25) is 0 Å². The van der Waals surface area contributed by atoms with E-state index >= 15 is 0 Å². The number of hydrogen-bond donors (Lipinski definition) is 0. The molecule has 1 aliphatic heterocycles. The second-order valence-electron chi connectivity index (χ2n) is 8.33. The van der Waals surface area contributed by atoms with Gasteiger partial charge < -0.3 is 9.57 Å². The van der Waals surface area contributed by atoms with E-state index in [2.05, 4.69) is 0 Å². The zero-order valence-electron chi connectivity index (χ0n) is 16.4. The smallest absolute Gasteiger partial charge is 0.350 e. The molecule has 0 radical (unpaired) electrons. The molecule has 0 atom stereocenters. The highest BCUT2D eigenvalue weighted by atomic mass is 16.7. The van der Waals surface area contributed by atoms with Crippen molar-refractivity contribution in [2.24, 2.45) is 5.41 Å². The minimum absolute atomic E-state index is 0.174. The maximum Gasteiger partial charge on any atom is 0.350 e. The molecule has 0 bridgehead atoms. The first kappa shape index (κ1) is 20.0. The number of hydroxylamine groups is 2. The van der Waals surface area contributed by atoms with Gasteiger partial charge in [0, 0.05) is 0 Å². The van der Waals surface area contributed by atoms with Crippen molar-refractivity contribution in [1.82, 2.24) is 5.06 Å². The molecule has 0 saturated heterocycles. The molecular weight excluding hydrogens is 362 g/mol. The Morgan fingerprint density at radius 1 is 0.893 bits per heavy atom. The molecule has 0 aromatic heterocycles. The number of fused-ring (bicyclic) bond motifs is 1. The molecule has 0 spiro atoms. The Balaban J connectivity index is 1.87. The molecule has 3 rings (SSSR count). The molecule has 2 amide bonds. The van der Waals surface area contributed by atoms with E-state index in [0.717, 1.165) is 12.8 Å². The van der Waals surface area contributed by atoms with Crippen LogP contribution in [-0.4, -0.2) is 34.4 Å². The number of rotatable bonds is 3. The third kappa shape index (κ3) is 3.66. The summed E-state index contributed by atoms with van der Waals surface area (Å²) < 4.78 is 5.51. The number of amides is 2. The van der Waals surface area contributed by atoms with E-state index in [1.807, 2.05) is 0 Å². The summed E-state index contributed by atoms with van der Waals surface area (Å²) in [4.78, 5) is 56.4. The number of benzene rings is 1. The Morgan fingerprint density at radius 3 is 1.86 bits per heavy atom. The van der Waals surface area contributed by atoms with E-state index in [1.54, 1.807) is 32.9 Å². The standard InChI is InChI=1S/C21H25NO6/c1-20(2,3)27-18(25)21(12-8-4-5-9-13-21)19(26)28-22-16(23)14-10-6-7-11-15(14)17(22)24/h6-7,10-11H,4-5,8-9,12-13H2,1-3H3. The number of esters is 1. The average Bonchev–Trinajstić information content (AvgIpc) is 2.82. The summed E-state index contributed by atoms with van der Waals surface area (Å²) in [6.07, 6.45) is 3.65. The largest absolute Gasteiger partial charge is 0.459 e. The van der Waals surface area contributed by atoms with Crippen LogP contribution in [0.1, 0.15) is 80.0 Å². The van der Waals surface area contributed by atoms with Crippen LogP contribution in [0.2, 0.25) is 0 Å². The zero-order valence-corrected chi connectivity index (χ0v) is 16.4. The Morgan fingerprint density at radius 2 is 1.39 bits per heavy atom. The van der Waals surface area contributed by atoms with Gasteiger partial charge in [0.15, 0.2) is 5.41 Å². The number of hydrogen-bond acceptors (Lipinski definition) is 6. The predicted octanol–water partition coefficient (Wildman–Crippen LogP) is 3.42. The van der Waals surface area contributed by atoms with Crippen LogP contribution in [0.15, 0.2) is 24.3 Å². The first-order chi connectivity index (χ1) is 13.2. The molecule has 0 unspecified atom stereocenters. The number of nitrogens with zero attached hydrogens (tertiary/aromatic N) is 1. The summed E-state index contributed by atoms with van der Waals surface area (Å²) in [7, 11) is 0. The van der Waals surface area contributed by atoms with Gasteiger partial charge in [0.1, 0.15) is 5.60 Å². The van der Waals surface area contributed by atoms with Gasteiger partial charge in [-0.25, -0.2) is 4.79 Å². The lowest BCUT2D eigenvalue weighted by molar-refractivity contribution is -0.195. The summed E-state index contributed by atoms with van der Waals surface area (Å²) in [6, 6.07) is 6.25. The van der Waals surface area contributed by atoms with E-state index in [1.165, 1.54) is 12.1 Å². The van der Waals surface area contributed by atoms with Crippen LogP contribution >= 0.6 is 0 Å². The Kier molecular flexibility index (Phi) is 5.28. The van der Waals surface area contributed by atoms with Crippen molar-refractivity contribution in [3.63, 3.8) is 0 Å². The summed E-state index contributed by atoms with van der Waals surface area (Å²) in [6.45, 7) is 5.18. The highest BCUT2D eigenvalue weighted by Crippen LogP contribution is 2.39. The Bertz CT molecular complexity index is 779. The molecule has 1 aliphatic carbocycles. The van der Waals surface area contributed by atoms with Crippen molar-refractivity contribution in [2.75, 3.05) is 0 Å². The molecule has 1 fully saturated rings. The van der Waals surface area contributed by atoms with E-state index in [0.29, 0.717) is 17.9 Å². The topological polar surface area (TPSA) is 90.0 Å². The van der Waals surface area contributed by atoms with Crippen LogP contribution in [0.3, 0.4) is 0 Å².